The number of para-hydroxylation sites is 1. The first-order valence-electron chi connectivity index (χ1n) is 6.70. The largest absolute Gasteiger partial charge is 0.416 e. The van der Waals surface area contributed by atoms with Gasteiger partial charge >= 0.3 is 0 Å². The maximum atomic E-state index is 11.0. The zero-order chi connectivity index (χ0) is 16.2. The van der Waals surface area contributed by atoms with Gasteiger partial charge in [-0.05, 0) is 6.92 Å². The van der Waals surface area contributed by atoms with Crippen LogP contribution in [0.4, 0.5) is 5.69 Å². The van der Waals surface area contributed by atoms with Crippen LogP contribution in [0.2, 0.25) is 0 Å². The van der Waals surface area contributed by atoms with Crippen LogP contribution in [0, 0.1) is 17.0 Å². The van der Waals surface area contributed by atoms with Gasteiger partial charge in [-0.1, -0.05) is 30.0 Å². The van der Waals surface area contributed by atoms with Crippen molar-refractivity contribution in [3.05, 3.63) is 61.9 Å². The smallest absolute Gasteiger partial charge is 0.276 e. The van der Waals surface area contributed by atoms with Gasteiger partial charge in [0, 0.05) is 22.8 Å². The molecule has 0 aliphatic heterocycles. The van der Waals surface area contributed by atoms with E-state index >= 15 is 0 Å². The van der Waals surface area contributed by atoms with Crippen LogP contribution in [-0.2, 0) is 12.2 Å². The van der Waals surface area contributed by atoms with E-state index < -0.39 is 0 Å². The number of nitrogens with zero attached hydrogens (tertiary/aromatic N) is 4. The van der Waals surface area contributed by atoms with Crippen molar-refractivity contribution in [3.63, 3.8) is 0 Å². The van der Waals surface area contributed by atoms with Crippen LogP contribution in [-0.4, -0.2) is 20.1 Å². The van der Waals surface area contributed by atoms with E-state index in [1.54, 1.807) is 29.5 Å². The highest BCUT2D eigenvalue weighted by atomic mass is 32.2. The topological polar surface area (TPSA) is 95.0 Å². The standard InChI is InChI=1S/C14H12N4O3S2/c1-9-15-11(8-22-9)6-13-16-17-14(21-13)23-7-10-4-2-3-5-12(10)18(19)20/h2-5,8H,6-7H2,1H3. The van der Waals surface area contributed by atoms with E-state index in [1.807, 2.05) is 12.3 Å². The average molecular weight is 348 g/mol. The molecule has 23 heavy (non-hydrogen) atoms. The van der Waals surface area contributed by atoms with E-state index in [-0.39, 0.29) is 10.6 Å². The zero-order valence-corrected chi connectivity index (χ0v) is 13.8. The van der Waals surface area contributed by atoms with Crippen LogP contribution in [0.25, 0.3) is 0 Å². The van der Waals surface area contributed by atoms with Crippen LogP contribution in [0.1, 0.15) is 22.2 Å². The molecule has 0 fully saturated rings. The minimum Gasteiger partial charge on any atom is -0.416 e. The number of thiazole rings is 1. The molecule has 3 aromatic rings. The molecule has 0 unspecified atom stereocenters. The van der Waals surface area contributed by atoms with Crippen LogP contribution < -0.4 is 0 Å². The molecule has 9 heteroatoms. The molecule has 1 aromatic carbocycles. The quantitative estimate of drug-likeness (QED) is 0.381. The highest BCUT2D eigenvalue weighted by molar-refractivity contribution is 7.98. The molecule has 3 rings (SSSR count). The second-order valence-corrected chi connectivity index (χ2v) is 6.66. The van der Waals surface area contributed by atoms with Crippen LogP contribution in [0.3, 0.4) is 0 Å². The summed E-state index contributed by atoms with van der Waals surface area (Å²) in [4.78, 5) is 14.9. The highest BCUT2D eigenvalue weighted by Crippen LogP contribution is 2.27. The molecular weight excluding hydrogens is 336 g/mol. The third kappa shape index (κ3) is 3.93. The number of hydrogen-bond donors (Lipinski definition) is 0. The van der Waals surface area contributed by atoms with E-state index in [4.69, 9.17) is 4.42 Å². The SMILES string of the molecule is Cc1nc(Cc2nnc(SCc3ccccc3[N+](=O)[O-])o2)cs1. The van der Waals surface area contributed by atoms with E-state index in [2.05, 4.69) is 15.2 Å². The number of aryl methyl sites for hydroxylation is 1. The third-order valence-corrected chi connectivity index (χ3v) is 4.68. The third-order valence-electron chi connectivity index (χ3n) is 2.99. The van der Waals surface area contributed by atoms with Gasteiger partial charge in [-0.2, -0.15) is 0 Å². The van der Waals surface area contributed by atoms with E-state index in [0.29, 0.717) is 28.9 Å². The lowest BCUT2D eigenvalue weighted by Gasteiger charge is -1.99. The molecule has 118 valence electrons. The number of rotatable bonds is 6. The zero-order valence-electron chi connectivity index (χ0n) is 12.1. The Labute approximate surface area is 139 Å². The molecule has 0 saturated carbocycles. The van der Waals surface area contributed by atoms with Gasteiger partial charge in [-0.25, -0.2) is 4.98 Å². The summed E-state index contributed by atoms with van der Waals surface area (Å²) in [6.07, 6.45) is 0.489. The maximum Gasteiger partial charge on any atom is 0.276 e. The summed E-state index contributed by atoms with van der Waals surface area (Å²) in [5.74, 6) is 0.884. The highest BCUT2D eigenvalue weighted by Gasteiger charge is 2.15. The first kappa shape index (κ1) is 15.6. The van der Waals surface area contributed by atoms with Gasteiger partial charge in [-0.15, -0.1) is 21.5 Å². The van der Waals surface area contributed by atoms with Crippen molar-refractivity contribution < 1.29 is 9.34 Å². The molecule has 0 amide bonds. The predicted molar refractivity (Wildman–Crippen MR) is 86.6 cm³/mol. The Hall–Kier alpha value is -2.26. The second-order valence-electron chi connectivity index (χ2n) is 4.67. The second kappa shape index (κ2) is 6.88. The Morgan fingerprint density at radius 2 is 2.17 bits per heavy atom. The van der Waals surface area contributed by atoms with Crippen molar-refractivity contribution in [2.24, 2.45) is 0 Å². The monoisotopic (exact) mass is 348 g/mol. The Morgan fingerprint density at radius 1 is 1.35 bits per heavy atom. The van der Waals surface area contributed by atoms with Gasteiger partial charge in [0.25, 0.3) is 10.9 Å². The van der Waals surface area contributed by atoms with Crippen LogP contribution in [0.5, 0.6) is 0 Å². The van der Waals surface area contributed by atoms with Crippen molar-refractivity contribution in [3.8, 4) is 0 Å². The van der Waals surface area contributed by atoms with Crippen LogP contribution in [0.15, 0.2) is 39.3 Å². The number of hydrogen-bond acceptors (Lipinski definition) is 8. The summed E-state index contributed by atoms with van der Waals surface area (Å²) in [5.41, 5.74) is 1.61. The van der Waals surface area contributed by atoms with Gasteiger partial charge < -0.3 is 4.42 Å². The van der Waals surface area contributed by atoms with Gasteiger partial charge in [0.1, 0.15) is 0 Å². The normalized spacial score (nSPS) is 10.8. The molecule has 2 heterocycles. The lowest BCUT2D eigenvalue weighted by atomic mass is 10.2. The molecule has 0 N–H and O–H groups in total. The summed E-state index contributed by atoms with van der Waals surface area (Å²) >= 11 is 2.85. The fourth-order valence-corrected chi connectivity index (χ4v) is 3.35. The maximum absolute atomic E-state index is 11.0. The van der Waals surface area contributed by atoms with Gasteiger partial charge in [0.2, 0.25) is 5.89 Å². The number of nitro benzene ring substituents is 1. The Morgan fingerprint density at radius 3 is 2.91 bits per heavy atom. The number of benzene rings is 1. The van der Waals surface area contributed by atoms with Crippen molar-refractivity contribution in [2.75, 3.05) is 0 Å². The minimum atomic E-state index is -0.389. The minimum absolute atomic E-state index is 0.0951. The van der Waals surface area contributed by atoms with Crippen molar-refractivity contribution in [1.29, 1.82) is 0 Å². The van der Waals surface area contributed by atoms with E-state index in [1.165, 1.54) is 17.8 Å². The van der Waals surface area contributed by atoms with E-state index in [0.717, 1.165) is 10.7 Å². The summed E-state index contributed by atoms with van der Waals surface area (Å²) in [7, 11) is 0. The molecule has 0 radical (unpaired) electrons. The Kier molecular flexibility index (Phi) is 4.68. The Bertz CT molecular complexity index is 831. The Balaban J connectivity index is 1.64. The first-order chi connectivity index (χ1) is 11.1. The summed E-state index contributed by atoms with van der Waals surface area (Å²) < 4.78 is 5.55. The molecule has 0 saturated heterocycles. The van der Waals surface area contributed by atoms with Gasteiger partial charge in [-0.3, -0.25) is 10.1 Å². The molecule has 0 atom stereocenters. The van der Waals surface area contributed by atoms with E-state index in [9.17, 15) is 10.1 Å². The molecule has 0 spiro atoms. The molecule has 0 aliphatic carbocycles. The fraction of sp³-hybridized carbons (Fsp3) is 0.214. The van der Waals surface area contributed by atoms with Crippen molar-refractivity contribution >= 4 is 28.8 Å². The lowest BCUT2D eigenvalue weighted by Crippen LogP contribution is -1.93. The van der Waals surface area contributed by atoms with Gasteiger partial charge in [0.15, 0.2) is 0 Å². The average Bonchev–Trinajstić information content (AvgIpc) is 3.15. The summed E-state index contributed by atoms with van der Waals surface area (Å²) in [6.45, 7) is 1.94. The lowest BCUT2D eigenvalue weighted by molar-refractivity contribution is -0.385. The molecule has 0 bridgehead atoms. The fourth-order valence-electron chi connectivity index (χ4n) is 1.96. The molecule has 0 aliphatic rings. The van der Waals surface area contributed by atoms with Crippen LogP contribution >= 0.6 is 23.1 Å². The number of nitro groups is 1. The predicted octanol–water partition coefficient (Wildman–Crippen LogP) is 3.63. The first-order valence-corrected chi connectivity index (χ1v) is 8.57. The van der Waals surface area contributed by atoms with Gasteiger partial charge in [0.05, 0.1) is 22.0 Å². The summed E-state index contributed by atoms with van der Waals surface area (Å²) in [6, 6.07) is 6.62. The number of aromatic nitrogens is 3. The van der Waals surface area contributed by atoms with Crippen molar-refractivity contribution in [2.45, 2.75) is 24.3 Å². The van der Waals surface area contributed by atoms with Crippen molar-refractivity contribution in [1.82, 2.24) is 15.2 Å². The molecular formula is C14H12N4O3S2. The molecule has 7 nitrogen and oxygen atoms in total. The summed E-state index contributed by atoms with van der Waals surface area (Å²) in [5, 5.41) is 22.3. The molecule has 2 aromatic heterocycles. The number of thioether (sulfide) groups is 1.